The Labute approximate surface area is 98.3 Å². The van der Waals surface area contributed by atoms with Gasteiger partial charge in [-0.1, -0.05) is 0 Å². The molecule has 0 spiro atoms. The molecule has 3 rings (SSSR count). The summed E-state index contributed by atoms with van der Waals surface area (Å²) in [7, 11) is 0. The molecule has 0 bridgehead atoms. The summed E-state index contributed by atoms with van der Waals surface area (Å²) in [5, 5.41) is 0. The van der Waals surface area contributed by atoms with E-state index >= 15 is 0 Å². The second-order valence-corrected chi connectivity index (χ2v) is 4.00. The zero-order valence-electron chi connectivity index (χ0n) is 8.66. The Morgan fingerprint density at radius 3 is 2.67 bits per heavy atom. The fraction of sp³-hybridized carbons (Fsp3) is 0.0769. The van der Waals surface area contributed by atoms with Crippen LogP contribution < -0.4 is 8.97 Å². The van der Waals surface area contributed by atoms with Gasteiger partial charge in [0.05, 0.1) is 0 Å². The van der Waals surface area contributed by atoms with Crippen LogP contribution in [0.25, 0.3) is 0 Å². The van der Waals surface area contributed by atoms with Crippen LogP contribution in [0.2, 0.25) is 0 Å². The van der Waals surface area contributed by atoms with E-state index in [9.17, 15) is 0 Å². The van der Waals surface area contributed by atoms with Gasteiger partial charge in [0.15, 0.2) is 0 Å². The van der Waals surface area contributed by atoms with Gasteiger partial charge in [-0.2, -0.15) is 0 Å². The molecule has 2 aromatic carbocycles. The van der Waals surface area contributed by atoms with E-state index in [1.54, 1.807) is 0 Å². The van der Waals surface area contributed by atoms with Crippen LogP contribution in [0.3, 0.4) is 0 Å². The van der Waals surface area contributed by atoms with Crippen molar-refractivity contribution in [3.8, 4) is 11.5 Å². The summed E-state index contributed by atoms with van der Waals surface area (Å²) < 4.78 is 7.12. The fourth-order valence-corrected chi connectivity index (χ4v) is 2.02. The number of hydrogen-bond donors (Lipinski definition) is 0. The first-order chi connectivity index (χ1) is 7.33. The van der Waals surface area contributed by atoms with Gasteiger partial charge in [-0.15, -0.1) is 0 Å². The van der Waals surface area contributed by atoms with Crippen molar-refractivity contribution in [2.24, 2.45) is 0 Å². The zero-order chi connectivity index (χ0) is 10.3. The second kappa shape index (κ2) is 3.45. The number of fused-ring (bicyclic) bond motifs is 2. The first kappa shape index (κ1) is 9.09. The Morgan fingerprint density at radius 2 is 1.73 bits per heavy atom. The van der Waals surface area contributed by atoms with Gasteiger partial charge in [0, 0.05) is 0 Å². The molecule has 0 saturated heterocycles. The van der Waals surface area contributed by atoms with Gasteiger partial charge in [0.25, 0.3) is 0 Å². The molecule has 1 nitrogen and oxygen atoms in total. The molecule has 0 unspecified atom stereocenters. The average molecular weight is 188 g/mol. The van der Waals surface area contributed by atoms with Crippen molar-refractivity contribution in [1.29, 1.82) is 0 Å². The van der Waals surface area contributed by atoms with E-state index in [0.29, 0.717) is 0 Å². The first-order valence-electron chi connectivity index (χ1n) is 5.18. The molecule has 68 valence electrons. The molecule has 2 aromatic rings. The van der Waals surface area contributed by atoms with E-state index in [2.05, 4.69) is 48.0 Å². The Hall–Kier alpha value is -1.16. The molecule has 0 radical (unpaired) electrons. The van der Waals surface area contributed by atoms with Gasteiger partial charge in [0.1, 0.15) is 0 Å². The van der Waals surface area contributed by atoms with Crippen molar-refractivity contribution in [3.63, 3.8) is 0 Å². The molecule has 0 fully saturated rings. The van der Waals surface area contributed by atoms with Crippen LogP contribution in [0.15, 0.2) is 42.5 Å². The summed E-state index contributed by atoms with van der Waals surface area (Å²) in [4.78, 5) is 0. The van der Waals surface area contributed by atoms with Crippen molar-refractivity contribution in [2.75, 3.05) is 0 Å². The first-order valence-corrected chi connectivity index (χ1v) is 5.18. The number of hydrogen-bond acceptors (Lipinski definition) is 1. The van der Waals surface area contributed by atoms with Crippen LogP contribution in [0.5, 0.6) is 11.5 Å². The molecule has 0 amide bonds. The number of benzene rings is 2. The van der Waals surface area contributed by atoms with Crippen molar-refractivity contribution >= 4 is 22.0 Å². The average Bonchev–Trinajstić information content (AvgIpc) is 2.26. The van der Waals surface area contributed by atoms with Crippen LogP contribution in [0.4, 0.5) is 0 Å². The Morgan fingerprint density at radius 1 is 0.933 bits per heavy atom. The Balaban J connectivity index is 2.11. The molecular formula is C13H9LiO. The van der Waals surface area contributed by atoms with Gasteiger partial charge >= 0.3 is 98.2 Å². The summed E-state index contributed by atoms with van der Waals surface area (Å²) in [6.45, 7) is 0. The maximum atomic E-state index is 5.83. The topological polar surface area (TPSA) is 9.23 Å². The van der Waals surface area contributed by atoms with Crippen LogP contribution in [0.1, 0.15) is 11.1 Å². The van der Waals surface area contributed by atoms with E-state index in [-0.39, 0.29) is 0 Å². The fourth-order valence-electron chi connectivity index (χ4n) is 2.02. The number of ether oxygens (including phenoxy) is 1. The SMILES string of the molecule is [Li][c]1ccc2c(c1)Cc1ccccc1O2. The van der Waals surface area contributed by atoms with E-state index in [4.69, 9.17) is 4.74 Å². The van der Waals surface area contributed by atoms with Gasteiger partial charge in [-0.3, -0.25) is 0 Å². The molecule has 0 saturated carbocycles. The number of para-hydroxylation sites is 1. The molecule has 0 aliphatic carbocycles. The summed E-state index contributed by atoms with van der Waals surface area (Å²) in [5.74, 6) is 1.99. The molecule has 1 heterocycles. The molecule has 1 aliphatic rings. The third-order valence-corrected chi connectivity index (χ3v) is 2.79. The van der Waals surface area contributed by atoms with Crippen LogP contribution in [-0.2, 0) is 6.42 Å². The standard InChI is InChI=1S/C13H9O.Li/c1-3-7-12-10(5-1)9-11-6-2-4-8-13(11)14-12;/h1,3-8H,9H2;. The summed E-state index contributed by atoms with van der Waals surface area (Å²) in [5.41, 5.74) is 2.56. The molecule has 15 heavy (non-hydrogen) atoms. The molecule has 0 atom stereocenters. The van der Waals surface area contributed by atoms with Crippen molar-refractivity contribution < 1.29 is 4.74 Å². The van der Waals surface area contributed by atoms with Gasteiger partial charge in [-0.25, -0.2) is 0 Å². The number of rotatable bonds is 0. The predicted molar refractivity (Wildman–Crippen MR) is 61.2 cm³/mol. The predicted octanol–water partition coefficient (Wildman–Crippen LogP) is 2.18. The molecular weight excluding hydrogens is 179 g/mol. The van der Waals surface area contributed by atoms with Crippen molar-refractivity contribution in [1.82, 2.24) is 0 Å². The summed E-state index contributed by atoms with van der Waals surface area (Å²) in [6.07, 6.45) is 0.979. The molecule has 0 N–H and O–H groups in total. The summed E-state index contributed by atoms with van der Waals surface area (Å²) in [6, 6.07) is 14.6. The van der Waals surface area contributed by atoms with E-state index in [0.717, 1.165) is 17.9 Å². The third-order valence-electron chi connectivity index (χ3n) is 2.79. The quantitative estimate of drug-likeness (QED) is 0.491. The normalized spacial score (nSPS) is 12.7. The van der Waals surface area contributed by atoms with Crippen LogP contribution in [0, 0.1) is 0 Å². The Kier molecular flexibility index (Phi) is 2.09. The minimum atomic E-state index is 0.979. The van der Waals surface area contributed by atoms with Crippen LogP contribution >= 0.6 is 0 Å². The summed E-state index contributed by atoms with van der Waals surface area (Å²) >= 11 is 2.11. The van der Waals surface area contributed by atoms with E-state index in [1.807, 2.05) is 12.1 Å². The second-order valence-electron chi connectivity index (χ2n) is 4.00. The van der Waals surface area contributed by atoms with Crippen molar-refractivity contribution in [2.45, 2.75) is 6.42 Å². The minimum absolute atomic E-state index is 0.979. The monoisotopic (exact) mass is 188 g/mol. The zero-order valence-corrected chi connectivity index (χ0v) is 8.66. The van der Waals surface area contributed by atoms with Gasteiger partial charge in [0.2, 0.25) is 0 Å². The van der Waals surface area contributed by atoms with Crippen molar-refractivity contribution in [3.05, 3.63) is 53.6 Å². The molecule has 1 aliphatic heterocycles. The van der Waals surface area contributed by atoms with E-state index < -0.39 is 0 Å². The maximum absolute atomic E-state index is 5.83. The third kappa shape index (κ3) is 1.59. The van der Waals surface area contributed by atoms with Gasteiger partial charge in [-0.05, 0) is 0 Å². The van der Waals surface area contributed by atoms with Gasteiger partial charge < -0.3 is 0 Å². The van der Waals surface area contributed by atoms with Crippen LogP contribution in [-0.4, -0.2) is 17.7 Å². The molecule has 0 aromatic heterocycles. The van der Waals surface area contributed by atoms with E-state index in [1.165, 1.54) is 15.4 Å². The Bertz CT molecular complexity index is 520. The molecule has 2 heteroatoms.